The van der Waals surface area contributed by atoms with Crippen LogP contribution in [0.5, 0.6) is 0 Å². The SMILES string of the molecule is COCC(=O)N1CCC[C@@H](Cc2cnc(-c3ccnn3C)cn2)C1. The molecule has 7 nitrogen and oxygen atoms in total. The Morgan fingerprint density at radius 1 is 1.38 bits per heavy atom. The van der Waals surface area contributed by atoms with Gasteiger partial charge in [-0.2, -0.15) is 5.10 Å². The lowest BCUT2D eigenvalue weighted by atomic mass is 9.93. The van der Waals surface area contributed by atoms with Crippen LogP contribution in [0.25, 0.3) is 11.4 Å². The van der Waals surface area contributed by atoms with E-state index in [9.17, 15) is 4.79 Å². The second-order valence-electron chi connectivity index (χ2n) is 6.22. The van der Waals surface area contributed by atoms with E-state index in [0.29, 0.717) is 5.92 Å². The molecule has 1 aliphatic heterocycles. The molecule has 1 saturated heterocycles. The molecule has 1 fully saturated rings. The number of rotatable bonds is 5. The minimum absolute atomic E-state index is 0.0693. The summed E-state index contributed by atoms with van der Waals surface area (Å²) in [5.74, 6) is 0.497. The number of carbonyl (C=O) groups excluding carboxylic acids is 1. The third kappa shape index (κ3) is 3.79. The zero-order chi connectivity index (χ0) is 16.9. The number of nitrogens with zero attached hydrogens (tertiary/aromatic N) is 5. The number of carbonyl (C=O) groups is 1. The predicted octanol–water partition coefficient (Wildman–Crippen LogP) is 1.30. The van der Waals surface area contributed by atoms with Crippen molar-refractivity contribution in [2.45, 2.75) is 19.3 Å². The minimum atomic E-state index is 0.0693. The molecule has 0 N–H and O–H groups in total. The van der Waals surface area contributed by atoms with Gasteiger partial charge in [-0.1, -0.05) is 0 Å². The van der Waals surface area contributed by atoms with E-state index < -0.39 is 0 Å². The van der Waals surface area contributed by atoms with Crippen molar-refractivity contribution in [3.63, 3.8) is 0 Å². The molecular formula is C17H23N5O2. The Morgan fingerprint density at radius 3 is 2.92 bits per heavy atom. The summed E-state index contributed by atoms with van der Waals surface area (Å²) in [6.07, 6.45) is 8.36. The third-order valence-corrected chi connectivity index (χ3v) is 4.43. The van der Waals surface area contributed by atoms with E-state index in [0.717, 1.165) is 49.4 Å². The molecule has 1 amide bonds. The fraction of sp³-hybridized carbons (Fsp3) is 0.529. The normalized spacial score (nSPS) is 17.9. The molecule has 0 bridgehead atoms. The Kier molecular flexibility index (Phi) is 5.20. The van der Waals surface area contributed by atoms with E-state index in [1.54, 1.807) is 24.2 Å². The van der Waals surface area contributed by atoms with Gasteiger partial charge >= 0.3 is 0 Å². The van der Waals surface area contributed by atoms with Gasteiger partial charge in [-0.25, -0.2) is 0 Å². The van der Waals surface area contributed by atoms with Crippen LogP contribution < -0.4 is 0 Å². The summed E-state index contributed by atoms with van der Waals surface area (Å²) in [4.78, 5) is 22.9. The number of hydrogen-bond acceptors (Lipinski definition) is 5. The van der Waals surface area contributed by atoms with Crippen molar-refractivity contribution in [2.24, 2.45) is 13.0 Å². The number of ether oxygens (including phenoxy) is 1. The summed E-state index contributed by atoms with van der Waals surface area (Å²) < 4.78 is 6.73. The van der Waals surface area contributed by atoms with Crippen molar-refractivity contribution < 1.29 is 9.53 Å². The van der Waals surface area contributed by atoms with Crippen LogP contribution in [0.15, 0.2) is 24.7 Å². The summed E-state index contributed by atoms with van der Waals surface area (Å²) in [5.41, 5.74) is 2.73. The smallest absolute Gasteiger partial charge is 0.248 e. The molecule has 3 rings (SSSR count). The third-order valence-electron chi connectivity index (χ3n) is 4.43. The predicted molar refractivity (Wildman–Crippen MR) is 89.1 cm³/mol. The lowest BCUT2D eigenvalue weighted by Gasteiger charge is -2.32. The Labute approximate surface area is 141 Å². The highest BCUT2D eigenvalue weighted by Gasteiger charge is 2.24. The van der Waals surface area contributed by atoms with Crippen LogP contribution in [-0.2, 0) is 23.0 Å². The minimum Gasteiger partial charge on any atom is -0.375 e. The Morgan fingerprint density at radius 2 is 2.25 bits per heavy atom. The maximum absolute atomic E-state index is 12.0. The number of aryl methyl sites for hydroxylation is 1. The number of aromatic nitrogens is 4. The highest BCUT2D eigenvalue weighted by Crippen LogP contribution is 2.21. The maximum Gasteiger partial charge on any atom is 0.248 e. The van der Waals surface area contributed by atoms with Crippen LogP contribution in [-0.4, -0.2) is 57.4 Å². The van der Waals surface area contributed by atoms with Crippen molar-refractivity contribution >= 4 is 5.91 Å². The largest absolute Gasteiger partial charge is 0.375 e. The monoisotopic (exact) mass is 329 g/mol. The molecule has 7 heteroatoms. The first kappa shape index (κ1) is 16.6. The van der Waals surface area contributed by atoms with Gasteiger partial charge in [0, 0.05) is 39.6 Å². The molecule has 1 aliphatic rings. The van der Waals surface area contributed by atoms with E-state index in [2.05, 4.69) is 15.1 Å². The Bertz CT molecular complexity index is 683. The van der Waals surface area contributed by atoms with Gasteiger partial charge in [0.25, 0.3) is 0 Å². The van der Waals surface area contributed by atoms with Crippen LogP contribution in [0, 0.1) is 5.92 Å². The van der Waals surface area contributed by atoms with Gasteiger partial charge in [-0.15, -0.1) is 0 Å². The molecule has 0 aromatic carbocycles. The van der Waals surface area contributed by atoms with E-state index in [1.165, 1.54) is 0 Å². The lowest BCUT2D eigenvalue weighted by molar-refractivity contribution is -0.136. The summed E-state index contributed by atoms with van der Waals surface area (Å²) in [6, 6.07) is 1.92. The molecule has 3 heterocycles. The number of likely N-dealkylation sites (tertiary alicyclic amines) is 1. The Balaban J connectivity index is 1.61. The van der Waals surface area contributed by atoms with Crippen LogP contribution in [0.1, 0.15) is 18.5 Å². The van der Waals surface area contributed by atoms with Crippen molar-refractivity contribution in [1.29, 1.82) is 0 Å². The number of methoxy groups -OCH3 is 1. The zero-order valence-corrected chi connectivity index (χ0v) is 14.2. The van der Waals surface area contributed by atoms with Crippen molar-refractivity contribution in [2.75, 3.05) is 26.8 Å². The molecule has 0 unspecified atom stereocenters. The van der Waals surface area contributed by atoms with Gasteiger partial charge in [0.15, 0.2) is 0 Å². The van der Waals surface area contributed by atoms with Crippen molar-refractivity contribution in [3.8, 4) is 11.4 Å². The summed E-state index contributed by atoms with van der Waals surface area (Å²) in [6.45, 7) is 1.75. The van der Waals surface area contributed by atoms with Crippen LogP contribution >= 0.6 is 0 Å². The van der Waals surface area contributed by atoms with Gasteiger partial charge in [0.1, 0.15) is 12.3 Å². The highest BCUT2D eigenvalue weighted by molar-refractivity contribution is 5.77. The molecule has 128 valence electrons. The highest BCUT2D eigenvalue weighted by atomic mass is 16.5. The summed E-state index contributed by atoms with van der Waals surface area (Å²) >= 11 is 0. The van der Waals surface area contributed by atoms with E-state index in [-0.39, 0.29) is 12.5 Å². The molecule has 24 heavy (non-hydrogen) atoms. The molecule has 0 aliphatic carbocycles. The molecule has 1 atom stereocenters. The second-order valence-corrected chi connectivity index (χ2v) is 6.22. The van der Waals surface area contributed by atoms with Gasteiger partial charge in [0.2, 0.25) is 5.91 Å². The van der Waals surface area contributed by atoms with E-state index in [1.807, 2.05) is 24.2 Å². The topological polar surface area (TPSA) is 73.1 Å². The molecule has 2 aromatic heterocycles. The molecule has 2 aromatic rings. The maximum atomic E-state index is 12.0. The van der Waals surface area contributed by atoms with Crippen molar-refractivity contribution in [1.82, 2.24) is 24.6 Å². The van der Waals surface area contributed by atoms with Gasteiger partial charge < -0.3 is 9.64 Å². The quantitative estimate of drug-likeness (QED) is 0.827. The van der Waals surface area contributed by atoms with E-state index in [4.69, 9.17) is 4.74 Å². The van der Waals surface area contributed by atoms with Crippen LogP contribution in [0.4, 0.5) is 0 Å². The fourth-order valence-corrected chi connectivity index (χ4v) is 3.19. The van der Waals surface area contributed by atoms with Crippen LogP contribution in [0.3, 0.4) is 0 Å². The summed E-state index contributed by atoms with van der Waals surface area (Å²) in [5, 5.41) is 4.15. The van der Waals surface area contributed by atoms with Crippen molar-refractivity contribution in [3.05, 3.63) is 30.4 Å². The van der Waals surface area contributed by atoms with Gasteiger partial charge in [-0.05, 0) is 31.2 Å². The Hall–Kier alpha value is -2.28. The molecular weight excluding hydrogens is 306 g/mol. The first-order valence-corrected chi connectivity index (χ1v) is 8.23. The molecule has 0 radical (unpaired) electrons. The zero-order valence-electron chi connectivity index (χ0n) is 14.2. The van der Waals surface area contributed by atoms with Gasteiger partial charge in [-0.3, -0.25) is 19.4 Å². The average molecular weight is 329 g/mol. The molecule has 0 saturated carbocycles. The van der Waals surface area contributed by atoms with Gasteiger partial charge in [0.05, 0.1) is 17.6 Å². The number of hydrogen-bond donors (Lipinski definition) is 0. The first-order valence-electron chi connectivity index (χ1n) is 8.23. The number of piperidine rings is 1. The summed E-state index contributed by atoms with van der Waals surface area (Å²) in [7, 11) is 3.44. The molecule has 0 spiro atoms. The van der Waals surface area contributed by atoms with Crippen LogP contribution in [0.2, 0.25) is 0 Å². The number of amides is 1. The van der Waals surface area contributed by atoms with E-state index >= 15 is 0 Å². The second kappa shape index (κ2) is 7.53. The average Bonchev–Trinajstić information content (AvgIpc) is 3.02. The first-order chi connectivity index (χ1) is 11.7. The fourth-order valence-electron chi connectivity index (χ4n) is 3.19. The standard InChI is InChI=1S/C17H23N5O2/c1-21-16(5-6-20-21)15-10-18-14(9-19-15)8-13-4-3-7-22(11-13)17(23)12-24-2/h5-6,9-10,13H,3-4,7-8,11-12H2,1-2H3/t13-/m0/s1. The lowest BCUT2D eigenvalue weighted by Crippen LogP contribution is -2.42.